The summed E-state index contributed by atoms with van der Waals surface area (Å²) in [6, 6.07) is 13.1. The number of nitrogens with zero attached hydrogens (tertiary/aromatic N) is 2. The number of amides is 2. The van der Waals surface area contributed by atoms with Crippen molar-refractivity contribution in [2.24, 2.45) is 0 Å². The molecule has 2 aromatic carbocycles. The Kier molecular flexibility index (Phi) is 9.63. The first-order chi connectivity index (χ1) is 15.4. The van der Waals surface area contributed by atoms with Gasteiger partial charge < -0.3 is 10.2 Å². The second kappa shape index (κ2) is 11.8. The predicted octanol–water partition coefficient (Wildman–Crippen LogP) is 3.71. The summed E-state index contributed by atoms with van der Waals surface area (Å²) in [5.41, 5.74) is 1.77. The van der Waals surface area contributed by atoms with E-state index in [0.29, 0.717) is 0 Å². The van der Waals surface area contributed by atoms with Crippen molar-refractivity contribution in [2.45, 2.75) is 57.6 Å². The second-order valence-corrected chi connectivity index (χ2v) is 11.2. The number of aryl methyl sites for hydroxylation is 1. The lowest BCUT2D eigenvalue weighted by molar-refractivity contribution is -0.140. The first-order valence-electron chi connectivity index (χ1n) is 10.8. The van der Waals surface area contributed by atoms with Gasteiger partial charge in [0.05, 0.1) is 11.4 Å². The van der Waals surface area contributed by atoms with Crippen LogP contribution in [0.2, 0.25) is 0 Å². The minimum Gasteiger partial charge on any atom is -0.352 e. The molecule has 0 aliphatic rings. The molecule has 2 atom stereocenters. The Morgan fingerprint density at radius 3 is 2.15 bits per heavy atom. The minimum absolute atomic E-state index is 0.0332. The number of carbonyl (C=O) groups excluding carboxylic acids is 2. The smallest absolute Gasteiger partial charge is 0.243 e. The fourth-order valence-electron chi connectivity index (χ4n) is 3.09. The molecule has 2 rings (SSSR count). The molecular weight excluding hydrogens is 506 g/mol. The number of halogens is 1. The summed E-state index contributed by atoms with van der Waals surface area (Å²) in [5, 5.41) is 2.90. The fraction of sp³-hybridized carbons (Fsp3) is 0.417. The molecule has 0 bridgehead atoms. The lowest BCUT2D eigenvalue weighted by Gasteiger charge is -2.31. The average molecular weight is 539 g/mol. The van der Waals surface area contributed by atoms with Gasteiger partial charge in [-0.3, -0.25) is 9.59 Å². The molecule has 0 radical (unpaired) electrons. The van der Waals surface area contributed by atoms with Gasteiger partial charge in [-0.25, -0.2) is 8.42 Å². The lowest BCUT2D eigenvalue weighted by Crippen LogP contribution is -2.51. The molecule has 2 aromatic rings. The van der Waals surface area contributed by atoms with Gasteiger partial charge in [0.1, 0.15) is 6.04 Å². The standard InChI is InChI=1S/C24H32BrN3O4S/c1-6-18(3)26-24(30)19(4)28(15-20-9-11-21(25)12-10-20)23(29)16-27(5)33(31,32)22-13-7-17(2)8-14-22/h7-14,18-19H,6,15-16H2,1-5H3,(H,26,30)/t18-,19+/m1/s1. The van der Waals surface area contributed by atoms with Gasteiger partial charge >= 0.3 is 0 Å². The van der Waals surface area contributed by atoms with Crippen LogP contribution < -0.4 is 5.32 Å². The minimum atomic E-state index is -3.85. The maximum atomic E-state index is 13.3. The highest BCUT2D eigenvalue weighted by Gasteiger charge is 2.30. The molecule has 0 spiro atoms. The first-order valence-corrected chi connectivity index (χ1v) is 13.1. The molecule has 1 N–H and O–H groups in total. The summed E-state index contributed by atoms with van der Waals surface area (Å²) >= 11 is 3.39. The molecule has 0 unspecified atom stereocenters. The third kappa shape index (κ3) is 7.38. The molecule has 0 saturated carbocycles. The summed E-state index contributed by atoms with van der Waals surface area (Å²) in [7, 11) is -2.48. The van der Waals surface area contributed by atoms with Gasteiger partial charge in [0.25, 0.3) is 0 Å². The Morgan fingerprint density at radius 1 is 1.03 bits per heavy atom. The van der Waals surface area contributed by atoms with Crippen LogP contribution >= 0.6 is 15.9 Å². The van der Waals surface area contributed by atoms with Crippen molar-refractivity contribution in [3.8, 4) is 0 Å². The topological polar surface area (TPSA) is 86.8 Å². The van der Waals surface area contributed by atoms with Crippen molar-refractivity contribution in [1.82, 2.24) is 14.5 Å². The Bertz CT molecular complexity index is 1060. The number of rotatable bonds is 10. The molecule has 0 heterocycles. The van der Waals surface area contributed by atoms with E-state index in [-0.39, 0.29) is 29.9 Å². The van der Waals surface area contributed by atoms with Gasteiger partial charge in [0.15, 0.2) is 0 Å². The molecule has 9 heteroatoms. The number of benzene rings is 2. The van der Waals surface area contributed by atoms with E-state index in [2.05, 4.69) is 21.2 Å². The van der Waals surface area contributed by atoms with E-state index < -0.39 is 22.0 Å². The van der Waals surface area contributed by atoms with Crippen LogP contribution in [0.15, 0.2) is 57.9 Å². The highest BCUT2D eigenvalue weighted by molar-refractivity contribution is 9.10. The number of nitrogens with one attached hydrogen (secondary N) is 1. The zero-order valence-corrected chi connectivity index (χ0v) is 22.1. The van der Waals surface area contributed by atoms with Gasteiger partial charge in [-0.2, -0.15) is 4.31 Å². The van der Waals surface area contributed by atoms with Crippen LogP contribution in [0.4, 0.5) is 0 Å². The Morgan fingerprint density at radius 2 is 1.61 bits per heavy atom. The zero-order chi connectivity index (χ0) is 24.8. The molecule has 7 nitrogen and oxygen atoms in total. The molecular formula is C24H32BrN3O4S. The molecule has 0 aromatic heterocycles. The summed E-state index contributed by atoms with van der Waals surface area (Å²) < 4.78 is 27.8. The van der Waals surface area contributed by atoms with Gasteiger partial charge in [-0.05, 0) is 57.0 Å². The summed E-state index contributed by atoms with van der Waals surface area (Å²) in [6.07, 6.45) is 0.761. The third-order valence-electron chi connectivity index (χ3n) is 5.52. The third-order valence-corrected chi connectivity index (χ3v) is 7.87. The van der Waals surface area contributed by atoms with E-state index in [1.807, 2.05) is 45.0 Å². The molecule has 0 aliphatic heterocycles. The van der Waals surface area contributed by atoms with E-state index in [9.17, 15) is 18.0 Å². The Labute approximate surface area is 205 Å². The van der Waals surface area contributed by atoms with Crippen LogP contribution in [0.25, 0.3) is 0 Å². The largest absolute Gasteiger partial charge is 0.352 e. The molecule has 0 aliphatic carbocycles. The van der Waals surface area contributed by atoms with Crippen molar-refractivity contribution in [3.63, 3.8) is 0 Å². The number of sulfonamides is 1. The SMILES string of the molecule is CC[C@@H](C)NC(=O)[C@H](C)N(Cc1ccc(Br)cc1)C(=O)CN(C)S(=O)(=O)c1ccc(C)cc1. The van der Waals surface area contributed by atoms with Crippen LogP contribution in [-0.4, -0.2) is 55.1 Å². The van der Waals surface area contributed by atoms with E-state index in [4.69, 9.17) is 0 Å². The van der Waals surface area contributed by atoms with Crippen molar-refractivity contribution in [2.75, 3.05) is 13.6 Å². The van der Waals surface area contributed by atoms with Crippen molar-refractivity contribution >= 4 is 37.8 Å². The van der Waals surface area contributed by atoms with Crippen molar-refractivity contribution < 1.29 is 18.0 Å². The monoisotopic (exact) mass is 537 g/mol. The Hall–Kier alpha value is -2.23. The Balaban J connectivity index is 2.26. The van der Waals surface area contributed by atoms with Crippen LogP contribution in [-0.2, 0) is 26.2 Å². The van der Waals surface area contributed by atoms with Gasteiger partial charge in [0, 0.05) is 24.1 Å². The van der Waals surface area contributed by atoms with Crippen LogP contribution in [0, 0.1) is 6.92 Å². The molecule has 2 amide bonds. The van der Waals surface area contributed by atoms with Gasteiger partial charge in [0.2, 0.25) is 21.8 Å². The van der Waals surface area contributed by atoms with Crippen LogP contribution in [0.3, 0.4) is 0 Å². The maximum Gasteiger partial charge on any atom is 0.243 e. The van der Waals surface area contributed by atoms with Crippen LogP contribution in [0.1, 0.15) is 38.3 Å². The predicted molar refractivity (Wildman–Crippen MR) is 133 cm³/mol. The number of hydrogen-bond donors (Lipinski definition) is 1. The number of hydrogen-bond acceptors (Lipinski definition) is 4. The molecule has 180 valence electrons. The van der Waals surface area contributed by atoms with E-state index >= 15 is 0 Å². The average Bonchev–Trinajstić information content (AvgIpc) is 2.78. The highest BCUT2D eigenvalue weighted by atomic mass is 79.9. The van der Waals surface area contributed by atoms with Crippen molar-refractivity contribution in [3.05, 3.63) is 64.1 Å². The summed E-state index contributed by atoms with van der Waals surface area (Å²) in [4.78, 5) is 27.6. The van der Waals surface area contributed by atoms with Crippen molar-refractivity contribution in [1.29, 1.82) is 0 Å². The highest BCUT2D eigenvalue weighted by Crippen LogP contribution is 2.18. The van der Waals surface area contributed by atoms with Gasteiger partial charge in [-0.15, -0.1) is 0 Å². The number of carbonyl (C=O) groups is 2. The zero-order valence-electron chi connectivity index (χ0n) is 19.7. The normalized spacial score (nSPS) is 13.4. The van der Waals surface area contributed by atoms with E-state index in [1.54, 1.807) is 19.1 Å². The second-order valence-electron chi connectivity index (χ2n) is 8.22. The summed E-state index contributed by atoms with van der Waals surface area (Å²) in [5.74, 6) is -0.734. The van der Waals surface area contributed by atoms with Crippen LogP contribution in [0.5, 0.6) is 0 Å². The van der Waals surface area contributed by atoms with E-state index in [1.165, 1.54) is 24.1 Å². The fourth-order valence-corrected chi connectivity index (χ4v) is 4.48. The quantitative estimate of drug-likeness (QED) is 0.500. The van der Waals surface area contributed by atoms with Gasteiger partial charge in [-0.1, -0.05) is 52.7 Å². The number of likely N-dealkylation sites (N-methyl/N-ethyl adjacent to an activating group) is 1. The summed E-state index contributed by atoms with van der Waals surface area (Å²) in [6.45, 7) is 7.18. The first kappa shape index (κ1) is 27.0. The molecule has 33 heavy (non-hydrogen) atoms. The lowest BCUT2D eigenvalue weighted by atomic mass is 10.1. The van der Waals surface area contributed by atoms with E-state index in [0.717, 1.165) is 26.3 Å². The molecule has 0 fully saturated rings. The molecule has 0 saturated heterocycles. The maximum absolute atomic E-state index is 13.3.